The van der Waals surface area contributed by atoms with Gasteiger partial charge in [0.15, 0.2) is 23.5 Å². The molecule has 0 radical (unpaired) electrons. The maximum absolute atomic E-state index is 13.3. The molecule has 0 aliphatic heterocycles. The first-order chi connectivity index (χ1) is 8.13. The van der Waals surface area contributed by atoms with Crippen LogP contribution in [0.5, 0.6) is 5.75 Å². The largest absolute Gasteiger partial charge is 0.484 e. The first kappa shape index (κ1) is 12.0. The van der Waals surface area contributed by atoms with E-state index >= 15 is 0 Å². The summed E-state index contributed by atoms with van der Waals surface area (Å²) in [6.07, 6.45) is -1.03. The lowest BCUT2D eigenvalue weighted by Crippen LogP contribution is -2.52. The first-order valence-corrected chi connectivity index (χ1v) is 5.38. The van der Waals surface area contributed by atoms with E-state index < -0.39 is 23.8 Å². The number of hydrogen-bond acceptors (Lipinski definition) is 3. The Labute approximate surface area is 97.3 Å². The third-order valence-corrected chi connectivity index (χ3v) is 2.60. The molecular weight excluding hydrogens is 230 g/mol. The fourth-order valence-corrected chi connectivity index (χ4v) is 1.69. The molecule has 2 rings (SSSR count). The molecule has 0 amide bonds. The standard InChI is InChI=1S/C12H12F2O3/c1-2-16-12-8(15)6-10(12)17-9-5-3-4-7(13)11(9)14/h3-5,10,12H,2,6H2,1H3. The van der Waals surface area contributed by atoms with E-state index in [-0.39, 0.29) is 18.0 Å². The smallest absolute Gasteiger partial charge is 0.200 e. The minimum absolute atomic E-state index is 0.0753. The van der Waals surface area contributed by atoms with Gasteiger partial charge < -0.3 is 9.47 Å². The predicted octanol–water partition coefficient (Wildman–Crippen LogP) is 2.09. The lowest BCUT2D eigenvalue weighted by atomic mass is 9.90. The Hall–Kier alpha value is -1.49. The summed E-state index contributed by atoms with van der Waals surface area (Å²) in [7, 11) is 0. The second kappa shape index (κ2) is 4.79. The molecule has 92 valence electrons. The van der Waals surface area contributed by atoms with Crippen molar-refractivity contribution < 1.29 is 23.0 Å². The van der Waals surface area contributed by atoms with E-state index in [1.807, 2.05) is 0 Å². The molecule has 1 aliphatic carbocycles. The summed E-state index contributed by atoms with van der Waals surface area (Å²) in [5.74, 6) is -2.27. The van der Waals surface area contributed by atoms with Crippen molar-refractivity contribution in [3.63, 3.8) is 0 Å². The van der Waals surface area contributed by atoms with Gasteiger partial charge in [0.25, 0.3) is 0 Å². The zero-order chi connectivity index (χ0) is 12.4. The van der Waals surface area contributed by atoms with E-state index in [1.54, 1.807) is 6.92 Å². The molecule has 1 aliphatic rings. The highest BCUT2D eigenvalue weighted by atomic mass is 19.2. The average molecular weight is 242 g/mol. The van der Waals surface area contributed by atoms with Gasteiger partial charge in [-0.25, -0.2) is 4.39 Å². The second-order valence-electron chi connectivity index (χ2n) is 3.75. The third-order valence-electron chi connectivity index (χ3n) is 2.60. The molecule has 0 heterocycles. The minimum atomic E-state index is -1.04. The van der Waals surface area contributed by atoms with Gasteiger partial charge in [-0.05, 0) is 19.1 Å². The Kier molecular flexibility index (Phi) is 3.38. The summed E-state index contributed by atoms with van der Waals surface area (Å²) in [6.45, 7) is 2.13. The van der Waals surface area contributed by atoms with Gasteiger partial charge in [0.2, 0.25) is 5.82 Å². The molecule has 1 fully saturated rings. The number of halogens is 2. The molecule has 2 unspecified atom stereocenters. The number of benzene rings is 1. The number of hydrogen-bond donors (Lipinski definition) is 0. The zero-order valence-electron chi connectivity index (χ0n) is 9.28. The molecule has 5 heteroatoms. The van der Waals surface area contributed by atoms with Crippen LogP contribution >= 0.6 is 0 Å². The highest BCUT2D eigenvalue weighted by Gasteiger charge is 2.42. The molecular formula is C12H12F2O3. The summed E-state index contributed by atoms with van der Waals surface area (Å²) in [4.78, 5) is 11.2. The van der Waals surface area contributed by atoms with E-state index in [0.717, 1.165) is 6.07 Å². The van der Waals surface area contributed by atoms with Crippen molar-refractivity contribution in [1.82, 2.24) is 0 Å². The van der Waals surface area contributed by atoms with Crippen molar-refractivity contribution in [1.29, 1.82) is 0 Å². The monoisotopic (exact) mass is 242 g/mol. The number of ketones is 1. The predicted molar refractivity (Wildman–Crippen MR) is 55.8 cm³/mol. The van der Waals surface area contributed by atoms with E-state index in [9.17, 15) is 13.6 Å². The van der Waals surface area contributed by atoms with Gasteiger partial charge in [0.1, 0.15) is 6.10 Å². The van der Waals surface area contributed by atoms with E-state index in [0.29, 0.717) is 6.61 Å². The Balaban J connectivity index is 2.06. The lowest BCUT2D eigenvalue weighted by molar-refractivity contribution is -0.154. The molecule has 2 atom stereocenters. The number of carbonyl (C=O) groups is 1. The van der Waals surface area contributed by atoms with Crippen LogP contribution in [-0.4, -0.2) is 24.6 Å². The number of carbonyl (C=O) groups excluding carboxylic acids is 1. The molecule has 0 N–H and O–H groups in total. The van der Waals surface area contributed by atoms with Crippen LogP contribution in [0.3, 0.4) is 0 Å². The number of Topliss-reactive ketones (excluding diaryl/α,β-unsaturated/α-hetero) is 1. The van der Waals surface area contributed by atoms with Crippen molar-refractivity contribution >= 4 is 5.78 Å². The van der Waals surface area contributed by atoms with Crippen LogP contribution in [0.4, 0.5) is 8.78 Å². The van der Waals surface area contributed by atoms with Crippen molar-refractivity contribution in [2.45, 2.75) is 25.6 Å². The molecule has 17 heavy (non-hydrogen) atoms. The lowest BCUT2D eigenvalue weighted by Gasteiger charge is -2.34. The summed E-state index contributed by atoms with van der Waals surface area (Å²) >= 11 is 0. The van der Waals surface area contributed by atoms with Gasteiger partial charge in [-0.1, -0.05) is 6.07 Å². The minimum Gasteiger partial charge on any atom is -0.484 e. The maximum Gasteiger partial charge on any atom is 0.200 e. The second-order valence-corrected chi connectivity index (χ2v) is 3.75. The summed E-state index contributed by atoms with van der Waals surface area (Å²) < 4.78 is 36.6. The summed E-state index contributed by atoms with van der Waals surface area (Å²) in [5.41, 5.74) is 0. The molecule has 0 saturated heterocycles. The van der Waals surface area contributed by atoms with Gasteiger partial charge in [0.05, 0.1) is 0 Å². The summed E-state index contributed by atoms with van der Waals surface area (Å²) in [5, 5.41) is 0. The van der Waals surface area contributed by atoms with Gasteiger partial charge in [-0.3, -0.25) is 4.79 Å². The molecule has 1 saturated carbocycles. The zero-order valence-corrected chi connectivity index (χ0v) is 9.28. The Morgan fingerprint density at radius 3 is 2.82 bits per heavy atom. The van der Waals surface area contributed by atoms with Crippen molar-refractivity contribution in [3.8, 4) is 5.75 Å². The maximum atomic E-state index is 13.3. The Morgan fingerprint density at radius 2 is 2.18 bits per heavy atom. The van der Waals surface area contributed by atoms with Crippen LogP contribution in [0, 0.1) is 11.6 Å². The molecule has 1 aromatic carbocycles. The molecule has 1 aromatic rings. The normalized spacial score (nSPS) is 23.4. The van der Waals surface area contributed by atoms with Crippen molar-refractivity contribution in [2.24, 2.45) is 0 Å². The van der Waals surface area contributed by atoms with Gasteiger partial charge in [-0.15, -0.1) is 0 Å². The molecule has 0 aromatic heterocycles. The van der Waals surface area contributed by atoms with Gasteiger partial charge >= 0.3 is 0 Å². The SMILES string of the molecule is CCOC1C(=O)CC1Oc1cccc(F)c1F. The van der Waals surface area contributed by atoms with E-state index in [2.05, 4.69) is 0 Å². The van der Waals surface area contributed by atoms with Crippen LogP contribution < -0.4 is 4.74 Å². The van der Waals surface area contributed by atoms with E-state index in [4.69, 9.17) is 9.47 Å². The van der Waals surface area contributed by atoms with E-state index in [1.165, 1.54) is 12.1 Å². The molecule has 0 spiro atoms. The fraction of sp³-hybridized carbons (Fsp3) is 0.417. The molecule has 3 nitrogen and oxygen atoms in total. The Morgan fingerprint density at radius 1 is 1.41 bits per heavy atom. The topological polar surface area (TPSA) is 35.5 Å². The highest BCUT2D eigenvalue weighted by Crippen LogP contribution is 2.28. The number of rotatable bonds is 4. The quantitative estimate of drug-likeness (QED) is 0.811. The summed E-state index contributed by atoms with van der Waals surface area (Å²) in [6, 6.07) is 3.68. The van der Waals surface area contributed by atoms with Gasteiger partial charge in [-0.2, -0.15) is 4.39 Å². The van der Waals surface area contributed by atoms with Crippen LogP contribution in [0.25, 0.3) is 0 Å². The van der Waals surface area contributed by atoms with Crippen molar-refractivity contribution in [2.75, 3.05) is 6.61 Å². The third kappa shape index (κ3) is 2.29. The van der Waals surface area contributed by atoms with Gasteiger partial charge in [0, 0.05) is 13.0 Å². The Bertz CT molecular complexity index is 434. The highest BCUT2D eigenvalue weighted by molar-refractivity contribution is 5.90. The first-order valence-electron chi connectivity index (χ1n) is 5.38. The average Bonchev–Trinajstić information content (AvgIpc) is 2.31. The fourth-order valence-electron chi connectivity index (χ4n) is 1.69. The van der Waals surface area contributed by atoms with Crippen LogP contribution in [0.15, 0.2) is 18.2 Å². The number of ether oxygens (including phenoxy) is 2. The van der Waals surface area contributed by atoms with Crippen LogP contribution in [0.1, 0.15) is 13.3 Å². The van der Waals surface area contributed by atoms with Crippen molar-refractivity contribution in [3.05, 3.63) is 29.8 Å². The molecule has 0 bridgehead atoms. The van der Waals surface area contributed by atoms with Crippen LogP contribution in [0.2, 0.25) is 0 Å². The van der Waals surface area contributed by atoms with Crippen LogP contribution in [-0.2, 0) is 9.53 Å².